The Bertz CT molecular complexity index is 1180. The van der Waals surface area contributed by atoms with Gasteiger partial charge in [-0.3, -0.25) is 8.97 Å². The van der Waals surface area contributed by atoms with E-state index in [9.17, 15) is 0 Å². The quantitative estimate of drug-likeness (QED) is 0.409. The number of benzene rings is 3. The third kappa shape index (κ3) is 2.24. The highest BCUT2D eigenvalue weighted by Crippen LogP contribution is 2.30. The number of fused-ring (bicyclic) bond motifs is 3. The van der Waals surface area contributed by atoms with E-state index in [0.717, 1.165) is 38.8 Å². The van der Waals surface area contributed by atoms with E-state index in [0.29, 0.717) is 0 Å². The highest BCUT2D eigenvalue weighted by atomic mass is 35.5. The molecule has 0 amide bonds. The molecule has 3 nitrogen and oxygen atoms in total. The molecular weight excluding hydrogens is 330 g/mol. The zero-order valence-electron chi connectivity index (χ0n) is 13.3. The summed E-state index contributed by atoms with van der Waals surface area (Å²) in [5.74, 6) is 0.891. The molecule has 0 fully saturated rings. The molecule has 5 rings (SSSR count). The SMILES string of the molecule is Clc1ccc(-n2c(-c3ccccc3)cn3c4ccccc4nc23)cc1. The maximum atomic E-state index is 6.08. The molecule has 0 bridgehead atoms. The lowest BCUT2D eigenvalue weighted by molar-refractivity contribution is 1.08. The minimum absolute atomic E-state index is 0.724. The van der Waals surface area contributed by atoms with Crippen LogP contribution in [0.2, 0.25) is 5.02 Å². The molecule has 0 aliphatic carbocycles. The maximum absolute atomic E-state index is 6.08. The van der Waals surface area contributed by atoms with E-state index in [-0.39, 0.29) is 0 Å². The molecule has 0 atom stereocenters. The van der Waals surface area contributed by atoms with E-state index in [1.807, 2.05) is 48.5 Å². The molecular formula is C21H14ClN3. The van der Waals surface area contributed by atoms with Crippen molar-refractivity contribution in [2.75, 3.05) is 0 Å². The molecule has 0 unspecified atom stereocenters. The molecule has 120 valence electrons. The summed E-state index contributed by atoms with van der Waals surface area (Å²) in [6.45, 7) is 0. The van der Waals surface area contributed by atoms with Crippen LogP contribution in [0.25, 0.3) is 33.8 Å². The summed E-state index contributed by atoms with van der Waals surface area (Å²) in [7, 11) is 0. The lowest BCUT2D eigenvalue weighted by Crippen LogP contribution is -1.97. The number of rotatable bonds is 2. The van der Waals surface area contributed by atoms with Gasteiger partial charge in [0.15, 0.2) is 0 Å². The van der Waals surface area contributed by atoms with E-state index in [4.69, 9.17) is 16.6 Å². The first-order valence-corrected chi connectivity index (χ1v) is 8.49. The Morgan fingerprint density at radius 3 is 2.28 bits per heavy atom. The number of hydrogen-bond donors (Lipinski definition) is 0. The molecule has 0 aliphatic heterocycles. The van der Waals surface area contributed by atoms with Crippen molar-refractivity contribution in [3.05, 3.63) is 90.1 Å². The Kier molecular flexibility index (Phi) is 3.15. The van der Waals surface area contributed by atoms with Crippen molar-refractivity contribution >= 4 is 28.4 Å². The summed E-state index contributed by atoms with van der Waals surface area (Å²) in [6.07, 6.45) is 2.15. The van der Waals surface area contributed by atoms with Crippen LogP contribution >= 0.6 is 11.6 Å². The van der Waals surface area contributed by atoms with Crippen molar-refractivity contribution in [2.24, 2.45) is 0 Å². The molecule has 0 radical (unpaired) electrons. The topological polar surface area (TPSA) is 22.2 Å². The highest BCUT2D eigenvalue weighted by Gasteiger charge is 2.16. The first kappa shape index (κ1) is 14.3. The van der Waals surface area contributed by atoms with Gasteiger partial charge in [-0.15, -0.1) is 0 Å². The maximum Gasteiger partial charge on any atom is 0.220 e. The Balaban J connectivity index is 1.89. The minimum atomic E-state index is 0.724. The second kappa shape index (κ2) is 5.50. The van der Waals surface area contributed by atoms with Crippen LogP contribution in [0, 0.1) is 0 Å². The third-order valence-electron chi connectivity index (χ3n) is 4.42. The van der Waals surface area contributed by atoms with Crippen molar-refractivity contribution in [2.45, 2.75) is 0 Å². The standard InChI is InChI=1S/C21H14ClN3/c22-16-10-12-17(13-11-16)25-20(15-6-2-1-3-7-15)14-24-19-9-5-4-8-18(19)23-21(24)25/h1-14H. The monoisotopic (exact) mass is 343 g/mol. The number of aromatic nitrogens is 3. The molecule has 0 spiro atoms. The van der Waals surface area contributed by atoms with Crippen LogP contribution in [0.4, 0.5) is 0 Å². The fraction of sp³-hybridized carbons (Fsp3) is 0. The molecule has 5 aromatic rings. The zero-order valence-corrected chi connectivity index (χ0v) is 14.1. The van der Waals surface area contributed by atoms with Crippen LogP contribution in [-0.4, -0.2) is 14.0 Å². The van der Waals surface area contributed by atoms with E-state index in [1.54, 1.807) is 0 Å². The van der Waals surface area contributed by atoms with E-state index < -0.39 is 0 Å². The molecule has 0 aliphatic rings. The Morgan fingerprint density at radius 1 is 0.760 bits per heavy atom. The predicted molar refractivity (Wildman–Crippen MR) is 102 cm³/mol. The summed E-state index contributed by atoms with van der Waals surface area (Å²) in [5.41, 5.74) is 5.36. The lowest BCUT2D eigenvalue weighted by Gasteiger charge is -2.09. The van der Waals surface area contributed by atoms with Crippen LogP contribution in [0.1, 0.15) is 0 Å². The second-order valence-electron chi connectivity index (χ2n) is 5.96. The van der Waals surface area contributed by atoms with Gasteiger partial charge in [-0.05, 0) is 36.4 Å². The first-order valence-electron chi connectivity index (χ1n) is 8.11. The summed E-state index contributed by atoms with van der Waals surface area (Å²) in [5, 5.41) is 0.724. The molecule has 3 aromatic carbocycles. The number of nitrogens with zero attached hydrogens (tertiary/aromatic N) is 3. The van der Waals surface area contributed by atoms with Crippen molar-refractivity contribution in [3.8, 4) is 16.9 Å². The molecule has 0 saturated heterocycles. The Hall–Kier alpha value is -3.04. The second-order valence-corrected chi connectivity index (χ2v) is 6.40. The minimum Gasteiger partial charge on any atom is -0.283 e. The van der Waals surface area contributed by atoms with E-state index >= 15 is 0 Å². The third-order valence-corrected chi connectivity index (χ3v) is 4.68. The summed E-state index contributed by atoms with van der Waals surface area (Å²) in [6, 6.07) is 26.4. The smallest absolute Gasteiger partial charge is 0.220 e. The van der Waals surface area contributed by atoms with Gasteiger partial charge in [0.2, 0.25) is 5.78 Å². The lowest BCUT2D eigenvalue weighted by atomic mass is 10.1. The number of imidazole rings is 2. The van der Waals surface area contributed by atoms with Gasteiger partial charge in [0.25, 0.3) is 0 Å². The predicted octanol–water partition coefficient (Wildman–Crippen LogP) is 5.60. The molecule has 2 heterocycles. The van der Waals surface area contributed by atoms with Crippen LogP contribution in [0.5, 0.6) is 0 Å². The van der Waals surface area contributed by atoms with Gasteiger partial charge in [-0.1, -0.05) is 54.1 Å². The Morgan fingerprint density at radius 2 is 1.48 bits per heavy atom. The van der Waals surface area contributed by atoms with Crippen LogP contribution in [-0.2, 0) is 0 Å². The van der Waals surface area contributed by atoms with Gasteiger partial charge in [0, 0.05) is 22.5 Å². The van der Waals surface area contributed by atoms with Gasteiger partial charge in [0.1, 0.15) is 0 Å². The molecule has 25 heavy (non-hydrogen) atoms. The number of hydrogen-bond acceptors (Lipinski definition) is 1. The van der Waals surface area contributed by atoms with E-state index in [2.05, 4.69) is 45.5 Å². The van der Waals surface area contributed by atoms with E-state index in [1.165, 1.54) is 0 Å². The molecule has 0 N–H and O–H groups in total. The normalized spacial score (nSPS) is 11.4. The number of para-hydroxylation sites is 2. The van der Waals surface area contributed by atoms with Crippen molar-refractivity contribution < 1.29 is 0 Å². The number of halogens is 1. The summed E-state index contributed by atoms with van der Waals surface area (Å²) in [4.78, 5) is 4.85. The van der Waals surface area contributed by atoms with Crippen molar-refractivity contribution in [1.82, 2.24) is 14.0 Å². The van der Waals surface area contributed by atoms with Crippen molar-refractivity contribution in [3.63, 3.8) is 0 Å². The van der Waals surface area contributed by atoms with Crippen LogP contribution in [0.15, 0.2) is 85.1 Å². The van der Waals surface area contributed by atoms with Crippen LogP contribution < -0.4 is 0 Å². The van der Waals surface area contributed by atoms with Gasteiger partial charge >= 0.3 is 0 Å². The molecule has 0 saturated carbocycles. The summed E-state index contributed by atoms with van der Waals surface area (Å²) >= 11 is 6.08. The molecule has 4 heteroatoms. The first-order chi connectivity index (χ1) is 12.3. The average Bonchev–Trinajstić information content (AvgIpc) is 3.19. The average molecular weight is 344 g/mol. The Labute approximate surface area is 149 Å². The van der Waals surface area contributed by atoms with Gasteiger partial charge in [0.05, 0.1) is 16.7 Å². The largest absolute Gasteiger partial charge is 0.283 e. The van der Waals surface area contributed by atoms with Gasteiger partial charge in [-0.2, -0.15) is 0 Å². The fourth-order valence-corrected chi connectivity index (χ4v) is 3.39. The van der Waals surface area contributed by atoms with Gasteiger partial charge < -0.3 is 0 Å². The van der Waals surface area contributed by atoms with Crippen LogP contribution in [0.3, 0.4) is 0 Å². The van der Waals surface area contributed by atoms with Crippen molar-refractivity contribution in [1.29, 1.82) is 0 Å². The molecule has 2 aromatic heterocycles. The summed E-state index contributed by atoms with van der Waals surface area (Å²) < 4.78 is 4.32. The van der Waals surface area contributed by atoms with Gasteiger partial charge in [-0.25, -0.2) is 4.98 Å². The highest BCUT2D eigenvalue weighted by molar-refractivity contribution is 6.30. The fourth-order valence-electron chi connectivity index (χ4n) is 3.26. The zero-order chi connectivity index (χ0) is 16.8.